The molecule has 0 heterocycles. The zero-order valence-corrected chi connectivity index (χ0v) is 18.6. The van der Waals surface area contributed by atoms with Gasteiger partial charge < -0.3 is 14.6 Å². The van der Waals surface area contributed by atoms with Crippen molar-refractivity contribution in [1.82, 2.24) is 0 Å². The summed E-state index contributed by atoms with van der Waals surface area (Å²) in [7, 11) is 0. The van der Waals surface area contributed by atoms with E-state index in [0.717, 1.165) is 17.7 Å². The maximum Gasteiger partial charge on any atom is 1.00 e. The molecule has 0 aliphatic heterocycles. The fourth-order valence-electron chi connectivity index (χ4n) is 4.40. The summed E-state index contributed by atoms with van der Waals surface area (Å²) >= 11 is 0. The number of allylic oxidation sites excluding steroid dienone is 1. The Morgan fingerprint density at radius 1 is 1.19 bits per heavy atom. The van der Waals surface area contributed by atoms with Crippen LogP contribution < -0.4 is 39.4 Å². The first-order chi connectivity index (χ1) is 12.6. The van der Waals surface area contributed by atoms with Crippen LogP contribution >= 0.6 is 0 Å². The molecule has 1 saturated carbocycles. The van der Waals surface area contributed by atoms with Gasteiger partial charge in [-0.1, -0.05) is 37.0 Å². The molecule has 1 unspecified atom stereocenters. The van der Waals surface area contributed by atoms with Crippen molar-refractivity contribution in [3.8, 4) is 17.6 Å². The number of hydrogen-bond acceptors (Lipinski definition) is 3. The van der Waals surface area contributed by atoms with E-state index in [0.29, 0.717) is 12.0 Å². The smallest absolute Gasteiger partial charge is 0.550 e. The molecule has 138 valence electrons. The van der Waals surface area contributed by atoms with E-state index in [4.69, 9.17) is 4.74 Å². The van der Waals surface area contributed by atoms with E-state index >= 15 is 0 Å². The van der Waals surface area contributed by atoms with Crippen LogP contribution in [0.15, 0.2) is 35.9 Å². The van der Waals surface area contributed by atoms with Crippen molar-refractivity contribution in [2.75, 3.05) is 6.61 Å². The Morgan fingerprint density at radius 3 is 2.48 bits per heavy atom. The van der Waals surface area contributed by atoms with Crippen molar-refractivity contribution in [2.24, 2.45) is 5.41 Å². The van der Waals surface area contributed by atoms with Crippen molar-refractivity contribution in [1.29, 1.82) is 0 Å². The van der Waals surface area contributed by atoms with Gasteiger partial charge in [-0.3, -0.25) is 0 Å². The number of carbonyl (C=O) groups excluding carboxylic acids is 1. The van der Waals surface area contributed by atoms with Gasteiger partial charge in [0.1, 0.15) is 12.4 Å². The molecule has 0 saturated heterocycles. The van der Waals surface area contributed by atoms with Gasteiger partial charge >= 0.3 is 29.6 Å². The molecule has 1 atom stereocenters. The first-order valence-electron chi connectivity index (χ1n) is 9.66. The summed E-state index contributed by atoms with van der Waals surface area (Å²) in [4.78, 5) is 10.9. The second-order valence-corrected chi connectivity index (χ2v) is 7.61. The largest absolute Gasteiger partial charge is 1.00 e. The fourth-order valence-corrected chi connectivity index (χ4v) is 4.40. The molecule has 1 aromatic rings. The predicted molar refractivity (Wildman–Crippen MR) is 101 cm³/mol. The minimum absolute atomic E-state index is 0. The van der Waals surface area contributed by atoms with Crippen molar-refractivity contribution < 1.29 is 44.2 Å². The maximum absolute atomic E-state index is 10.9. The van der Waals surface area contributed by atoms with E-state index in [1.807, 2.05) is 24.3 Å². The van der Waals surface area contributed by atoms with Gasteiger partial charge in [0.05, 0.1) is 5.92 Å². The number of aliphatic carboxylic acids is 1. The summed E-state index contributed by atoms with van der Waals surface area (Å²) in [6.45, 7) is 2.37. The third-order valence-electron chi connectivity index (χ3n) is 5.68. The van der Waals surface area contributed by atoms with Gasteiger partial charge in [-0.25, -0.2) is 0 Å². The van der Waals surface area contributed by atoms with Crippen LogP contribution in [0.2, 0.25) is 0 Å². The average Bonchev–Trinajstić information content (AvgIpc) is 3.07. The summed E-state index contributed by atoms with van der Waals surface area (Å²) in [6, 6.07) is 7.62. The quantitative estimate of drug-likeness (QED) is 0.424. The topological polar surface area (TPSA) is 49.4 Å². The van der Waals surface area contributed by atoms with Crippen LogP contribution in [0, 0.1) is 17.3 Å². The maximum atomic E-state index is 10.9. The monoisotopic (exact) mass is 374 g/mol. The second kappa shape index (κ2) is 10.4. The second-order valence-electron chi connectivity index (χ2n) is 7.61. The SMILES string of the molecule is CC#CC(CC(=O)[O-])c1ccc(OCC2=CC3(CCCC3)CCC2)cc1.[Na+]. The Hall–Kier alpha value is -1.21. The summed E-state index contributed by atoms with van der Waals surface area (Å²) in [6.07, 6.45) is 11.6. The molecule has 4 heteroatoms. The van der Waals surface area contributed by atoms with Crippen LogP contribution in [0.5, 0.6) is 5.75 Å². The molecule has 0 aromatic heterocycles. The molecule has 1 fully saturated rings. The van der Waals surface area contributed by atoms with Gasteiger partial charge in [0.25, 0.3) is 0 Å². The van der Waals surface area contributed by atoms with Crippen molar-refractivity contribution in [2.45, 2.75) is 64.2 Å². The van der Waals surface area contributed by atoms with Gasteiger partial charge in [-0.15, -0.1) is 5.92 Å². The van der Waals surface area contributed by atoms with Gasteiger partial charge in [-0.2, -0.15) is 0 Å². The van der Waals surface area contributed by atoms with Crippen molar-refractivity contribution in [3.63, 3.8) is 0 Å². The predicted octanol–water partition coefficient (Wildman–Crippen LogP) is 0.987. The van der Waals surface area contributed by atoms with Crippen LogP contribution in [0.3, 0.4) is 0 Å². The number of carbonyl (C=O) groups is 1. The fraction of sp³-hybridized carbons (Fsp3) is 0.522. The van der Waals surface area contributed by atoms with E-state index in [1.54, 1.807) is 6.92 Å². The molecule has 1 spiro atoms. The zero-order chi connectivity index (χ0) is 18.4. The Bertz CT molecular complexity index is 718. The Balaban J connectivity index is 0.00000261. The zero-order valence-electron chi connectivity index (χ0n) is 16.6. The van der Waals surface area contributed by atoms with Crippen LogP contribution in [0.25, 0.3) is 0 Å². The molecule has 3 nitrogen and oxygen atoms in total. The Kier molecular flexibility index (Phi) is 8.48. The third kappa shape index (κ3) is 6.14. The summed E-state index contributed by atoms with van der Waals surface area (Å²) in [5, 5.41) is 10.9. The number of carboxylic acids is 1. The first kappa shape index (κ1) is 22.1. The molecule has 2 aliphatic rings. The van der Waals surface area contributed by atoms with Gasteiger partial charge in [0.15, 0.2) is 0 Å². The van der Waals surface area contributed by atoms with Crippen LogP contribution in [0.4, 0.5) is 0 Å². The van der Waals surface area contributed by atoms with Crippen LogP contribution in [0.1, 0.15) is 69.8 Å². The van der Waals surface area contributed by atoms with Gasteiger partial charge in [0, 0.05) is 12.4 Å². The molecule has 27 heavy (non-hydrogen) atoms. The van der Waals surface area contributed by atoms with E-state index in [9.17, 15) is 9.90 Å². The minimum atomic E-state index is -1.08. The number of carboxylic acid groups (broad SMARTS) is 1. The molecule has 1 aromatic carbocycles. The number of hydrogen-bond donors (Lipinski definition) is 0. The van der Waals surface area contributed by atoms with Crippen LogP contribution in [-0.4, -0.2) is 12.6 Å². The van der Waals surface area contributed by atoms with E-state index in [2.05, 4.69) is 17.9 Å². The van der Waals surface area contributed by atoms with E-state index < -0.39 is 5.97 Å². The Labute approximate surface area is 184 Å². The van der Waals surface area contributed by atoms with Gasteiger partial charge in [0.2, 0.25) is 0 Å². The molecule has 3 rings (SSSR count). The van der Waals surface area contributed by atoms with Crippen molar-refractivity contribution >= 4 is 5.97 Å². The molecule has 0 amide bonds. The minimum Gasteiger partial charge on any atom is -0.550 e. The normalized spacial score (nSPS) is 18.6. The number of rotatable bonds is 6. The molecule has 0 bridgehead atoms. The van der Waals surface area contributed by atoms with Crippen molar-refractivity contribution in [3.05, 3.63) is 41.5 Å². The Morgan fingerprint density at radius 2 is 1.85 bits per heavy atom. The third-order valence-corrected chi connectivity index (χ3v) is 5.68. The molecule has 0 radical (unpaired) electrons. The molecule has 2 aliphatic carbocycles. The summed E-state index contributed by atoms with van der Waals surface area (Å²) in [5.74, 6) is 5.14. The number of ether oxygens (including phenoxy) is 1. The summed E-state index contributed by atoms with van der Waals surface area (Å²) in [5.41, 5.74) is 2.77. The van der Waals surface area contributed by atoms with E-state index in [-0.39, 0.29) is 41.9 Å². The summed E-state index contributed by atoms with van der Waals surface area (Å²) < 4.78 is 5.99. The standard InChI is InChI=1S/C23H28O3.Na/c1-2-6-20(15-22(24)25)19-8-10-21(11-9-19)26-17-18-7-5-14-23(16-18)12-3-4-13-23;/h8-11,16,20H,3-5,7,12-15,17H2,1H3,(H,24,25);/q;+1/p-1. The average molecular weight is 374 g/mol. The molecule has 0 N–H and O–H groups in total. The van der Waals surface area contributed by atoms with Gasteiger partial charge in [-0.05, 0) is 67.7 Å². The number of benzene rings is 1. The molecular weight excluding hydrogens is 347 g/mol. The first-order valence-corrected chi connectivity index (χ1v) is 9.66. The van der Waals surface area contributed by atoms with Crippen LogP contribution in [-0.2, 0) is 4.79 Å². The molecular formula is C23H27NaO3. The van der Waals surface area contributed by atoms with E-state index in [1.165, 1.54) is 44.1 Å².